The lowest BCUT2D eigenvalue weighted by Gasteiger charge is -2.16. The third-order valence-electron chi connectivity index (χ3n) is 12.6. The summed E-state index contributed by atoms with van der Waals surface area (Å²) in [4.78, 5) is 20.2. The fourth-order valence-corrected chi connectivity index (χ4v) is 9.94. The van der Waals surface area contributed by atoms with Gasteiger partial charge in [-0.05, 0) is 95.9 Å². The second-order valence-electron chi connectivity index (χ2n) is 15.9. The molecule has 4 heterocycles. The van der Waals surface area contributed by atoms with Crippen molar-refractivity contribution in [1.82, 2.24) is 18.7 Å². The standard InChI is InChI=1S/C56H34N4O/c61-56-47-33-52-44(39-19-9-13-25-50(39)58(52)36-15-3-1-4-16-36)31-43(47)46-32-45-40-20-10-14-26-51(40)59(53(45)34-54(46)60(56)37-17-5-2-6-18-37)38-29-27-35(28-30-38)55-41-21-7-11-23-48(41)57-49-24-12-8-22-42(49)55/h1-34H. The molecule has 13 rings (SSSR count). The lowest BCUT2D eigenvalue weighted by Crippen LogP contribution is -2.19. The Bertz CT molecular complexity index is 3940. The Morgan fingerprint density at radius 1 is 0.295 bits per heavy atom. The number of nitrogens with zero attached hydrogens (tertiary/aromatic N) is 4. The lowest BCUT2D eigenvalue weighted by atomic mass is 9.96. The van der Waals surface area contributed by atoms with Crippen LogP contribution in [-0.2, 0) is 0 Å². The molecule has 0 N–H and O–H groups in total. The summed E-state index contributed by atoms with van der Waals surface area (Å²) in [7, 11) is 0. The van der Waals surface area contributed by atoms with Crippen molar-refractivity contribution in [3.05, 3.63) is 217 Å². The highest BCUT2D eigenvalue weighted by Crippen LogP contribution is 2.41. The van der Waals surface area contributed by atoms with Crippen molar-refractivity contribution in [3.8, 4) is 28.2 Å². The quantitative estimate of drug-likeness (QED) is 0.132. The summed E-state index contributed by atoms with van der Waals surface area (Å²) < 4.78 is 6.53. The van der Waals surface area contributed by atoms with E-state index in [1.165, 1.54) is 5.56 Å². The Labute approximate surface area is 349 Å². The highest BCUT2D eigenvalue weighted by Gasteiger charge is 2.21. The van der Waals surface area contributed by atoms with E-state index < -0.39 is 0 Å². The number of hydrogen-bond donors (Lipinski definition) is 0. The fourth-order valence-electron chi connectivity index (χ4n) is 9.94. The molecule has 61 heavy (non-hydrogen) atoms. The van der Waals surface area contributed by atoms with E-state index >= 15 is 4.79 Å². The van der Waals surface area contributed by atoms with Gasteiger partial charge in [-0.1, -0.05) is 121 Å². The van der Waals surface area contributed by atoms with E-state index in [2.05, 4.69) is 167 Å². The van der Waals surface area contributed by atoms with Gasteiger partial charge in [-0.2, -0.15) is 0 Å². The Hall–Kier alpha value is -8.28. The maximum absolute atomic E-state index is 15.2. The van der Waals surface area contributed by atoms with E-state index in [1.807, 2.05) is 53.1 Å². The maximum Gasteiger partial charge on any atom is 0.263 e. The van der Waals surface area contributed by atoms with Gasteiger partial charge in [0, 0.05) is 60.3 Å². The van der Waals surface area contributed by atoms with Gasteiger partial charge in [-0.3, -0.25) is 9.36 Å². The minimum atomic E-state index is -0.0522. The normalized spacial score (nSPS) is 12.0. The molecule has 0 aliphatic carbocycles. The minimum Gasteiger partial charge on any atom is -0.309 e. The van der Waals surface area contributed by atoms with Crippen molar-refractivity contribution in [1.29, 1.82) is 0 Å². The molecule has 13 aromatic rings. The van der Waals surface area contributed by atoms with Gasteiger partial charge in [0.25, 0.3) is 5.56 Å². The van der Waals surface area contributed by atoms with Gasteiger partial charge in [0.15, 0.2) is 0 Å². The number of aromatic nitrogens is 4. The molecule has 9 aromatic carbocycles. The van der Waals surface area contributed by atoms with Gasteiger partial charge in [-0.25, -0.2) is 4.98 Å². The number of rotatable bonds is 4. The summed E-state index contributed by atoms with van der Waals surface area (Å²) in [6, 6.07) is 72.2. The summed E-state index contributed by atoms with van der Waals surface area (Å²) in [6.07, 6.45) is 0. The molecular weight excluding hydrogens is 745 g/mol. The molecule has 0 bridgehead atoms. The topological polar surface area (TPSA) is 44.8 Å². The van der Waals surface area contributed by atoms with E-state index in [1.54, 1.807) is 0 Å². The highest BCUT2D eigenvalue weighted by molar-refractivity contribution is 6.22. The molecule has 0 fully saturated rings. The predicted molar refractivity (Wildman–Crippen MR) is 254 cm³/mol. The molecule has 5 nitrogen and oxygen atoms in total. The molecule has 0 aliphatic rings. The molecule has 0 atom stereocenters. The van der Waals surface area contributed by atoms with Crippen LogP contribution in [-0.4, -0.2) is 18.7 Å². The average molecular weight is 779 g/mol. The molecule has 0 unspecified atom stereocenters. The maximum atomic E-state index is 15.2. The van der Waals surface area contributed by atoms with Crippen LogP contribution < -0.4 is 5.56 Å². The molecule has 284 valence electrons. The molecule has 0 radical (unpaired) electrons. The average Bonchev–Trinajstić information content (AvgIpc) is 3.82. The number of para-hydroxylation sites is 6. The Balaban J connectivity index is 1.11. The van der Waals surface area contributed by atoms with Crippen LogP contribution in [0.5, 0.6) is 0 Å². The molecular formula is C56H34N4O. The SMILES string of the molecule is O=c1c2cc3c(cc2c2cc4c5ccccc5n(-c5ccc(-c6c7ccccc7nc7ccccc67)cc5)c4cc2n1-c1ccccc1)c1ccccc1n3-c1ccccc1. The molecule has 0 amide bonds. The third-order valence-corrected chi connectivity index (χ3v) is 12.6. The zero-order valence-corrected chi connectivity index (χ0v) is 32.8. The first-order valence-electron chi connectivity index (χ1n) is 20.7. The van der Waals surface area contributed by atoms with Crippen molar-refractivity contribution in [2.75, 3.05) is 0 Å². The molecule has 0 saturated heterocycles. The summed E-state index contributed by atoms with van der Waals surface area (Å²) in [6.45, 7) is 0. The minimum absolute atomic E-state index is 0.0522. The molecule has 5 heteroatoms. The third kappa shape index (κ3) is 4.89. The van der Waals surface area contributed by atoms with Crippen molar-refractivity contribution in [2.24, 2.45) is 0 Å². The molecule has 4 aromatic heterocycles. The van der Waals surface area contributed by atoms with E-state index in [0.717, 1.165) is 104 Å². The van der Waals surface area contributed by atoms with Gasteiger partial charge in [-0.15, -0.1) is 0 Å². The van der Waals surface area contributed by atoms with Gasteiger partial charge in [0.05, 0.1) is 44.0 Å². The molecule has 0 spiro atoms. The van der Waals surface area contributed by atoms with Gasteiger partial charge >= 0.3 is 0 Å². The number of pyridine rings is 2. The Kier molecular flexibility index (Phi) is 7.10. The largest absolute Gasteiger partial charge is 0.309 e. The van der Waals surface area contributed by atoms with Crippen LogP contribution in [0.25, 0.3) is 115 Å². The fraction of sp³-hybridized carbons (Fsp3) is 0. The second kappa shape index (κ2) is 12.9. The first kappa shape index (κ1) is 33.7. The predicted octanol–water partition coefficient (Wildman–Crippen LogP) is 13.7. The number of fused-ring (bicyclic) bond motifs is 11. The van der Waals surface area contributed by atoms with E-state index in [-0.39, 0.29) is 5.56 Å². The van der Waals surface area contributed by atoms with Crippen LogP contribution in [0.3, 0.4) is 0 Å². The van der Waals surface area contributed by atoms with Gasteiger partial charge in [0.1, 0.15) is 0 Å². The van der Waals surface area contributed by atoms with Crippen LogP contribution in [0.1, 0.15) is 0 Å². The smallest absolute Gasteiger partial charge is 0.263 e. The zero-order chi connectivity index (χ0) is 40.2. The van der Waals surface area contributed by atoms with Crippen molar-refractivity contribution >= 4 is 87.1 Å². The monoisotopic (exact) mass is 778 g/mol. The summed E-state index contributed by atoms with van der Waals surface area (Å²) >= 11 is 0. The van der Waals surface area contributed by atoms with Gasteiger partial charge < -0.3 is 9.13 Å². The first-order valence-corrected chi connectivity index (χ1v) is 20.7. The zero-order valence-electron chi connectivity index (χ0n) is 32.8. The van der Waals surface area contributed by atoms with E-state index in [0.29, 0.717) is 5.39 Å². The molecule has 0 aliphatic heterocycles. The van der Waals surface area contributed by atoms with E-state index in [4.69, 9.17) is 4.98 Å². The summed E-state index contributed by atoms with van der Waals surface area (Å²) in [5.41, 5.74) is 12.3. The van der Waals surface area contributed by atoms with Crippen LogP contribution in [0, 0.1) is 0 Å². The molecule has 0 saturated carbocycles. The lowest BCUT2D eigenvalue weighted by molar-refractivity contribution is 1.06. The highest BCUT2D eigenvalue weighted by atomic mass is 16.1. The van der Waals surface area contributed by atoms with Crippen LogP contribution in [0.2, 0.25) is 0 Å². The summed E-state index contributed by atoms with van der Waals surface area (Å²) in [5.74, 6) is 0. The van der Waals surface area contributed by atoms with Crippen molar-refractivity contribution < 1.29 is 0 Å². The van der Waals surface area contributed by atoms with Crippen molar-refractivity contribution in [2.45, 2.75) is 0 Å². The van der Waals surface area contributed by atoms with Crippen LogP contribution in [0.15, 0.2) is 211 Å². The summed E-state index contributed by atoms with van der Waals surface area (Å²) in [5, 5.41) is 9.45. The Morgan fingerprint density at radius 2 is 0.721 bits per heavy atom. The van der Waals surface area contributed by atoms with Crippen LogP contribution >= 0.6 is 0 Å². The van der Waals surface area contributed by atoms with E-state index in [9.17, 15) is 0 Å². The number of hydrogen-bond acceptors (Lipinski definition) is 2. The second-order valence-corrected chi connectivity index (χ2v) is 15.9. The van der Waals surface area contributed by atoms with Crippen LogP contribution in [0.4, 0.5) is 0 Å². The van der Waals surface area contributed by atoms with Crippen molar-refractivity contribution in [3.63, 3.8) is 0 Å². The first-order chi connectivity index (χ1) is 30.2. The van der Waals surface area contributed by atoms with Gasteiger partial charge in [0.2, 0.25) is 0 Å². The number of benzene rings is 9. The Morgan fingerprint density at radius 3 is 1.31 bits per heavy atom.